The molecule has 94 valence electrons. The van der Waals surface area contributed by atoms with Gasteiger partial charge in [0.05, 0.1) is 20.6 Å². The first kappa shape index (κ1) is 13.3. The van der Waals surface area contributed by atoms with E-state index in [2.05, 4.69) is 22.4 Å². The molecule has 0 atom stereocenters. The third-order valence-corrected chi connectivity index (χ3v) is 3.66. The Balaban J connectivity index is 2.18. The van der Waals surface area contributed by atoms with Crippen LogP contribution in [-0.2, 0) is 0 Å². The molecule has 0 unspecified atom stereocenters. The van der Waals surface area contributed by atoms with Crippen LogP contribution < -0.4 is 5.43 Å². The second kappa shape index (κ2) is 6.18. The molecule has 2 rings (SSSR count). The second-order valence-electron chi connectivity index (χ2n) is 3.49. The lowest BCUT2D eigenvalue weighted by Crippen LogP contribution is -2.02. The summed E-state index contributed by atoms with van der Waals surface area (Å²) in [6, 6.07) is 5.66. The van der Waals surface area contributed by atoms with Crippen molar-refractivity contribution >= 4 is 46.1 Å². The van der Waals surface area contributed by atoms with E-state index in [4.69, 9.17) is 23.2 Å². The normalized spacial score (nSPS) is 11.6. The Morgan fingerprint density at radius 1 is 1.50 bits per heavy atom. The van der Waals surface area contributed by atoms with Crippen molar-refractivity contribution in [2.45, 2.75) is 13.3 Å². The van der Waals surface area contributed by atoms with E-state index in [-0.39, 0.29) is 0 Å². The number of nitrogens with one attached hydrogen (secondary N) is 1. The summed E-state index contributed by atoms with van der Waals surface area (Å²) in [6.07, 6.45) is 2.36. The molecule has 0 aromatic carbocycles. The number of anilines is 1. The molecule has 6 heteroatoms. The molecular weight excluding hydrogens is 289 g/mol. The maximum atomic E-state index is 6.00. The highest BCUT2D eigenvalue weighted by Crippen LogP contribution is 2.22. The van der Waals surface area contributed by atoms with Crippen LogP contribution in [0.25, 0.3) is 0 Å². The van der Waals surface area contributed by atoms with Crippen LogP contribution in [0.1, 0.15) is 18.2 Å². The third kappa shape index (κ3) is 3.22. The van der Waals surface area contributed by atoms with E-state index in [0.29, 0.717) is 15.9 Å². The molecule has 2 aromatic heterocycles. The fraction of sp³-hybridized carbons (Fsp3) is 0.167. The summed E-state index contributed by atoms with van der Waals surface area (Å²) < 4.78 is 0. The number of pyridine rings is 1. The molecule has 0 aliphatic carbocycles. The Bertz CT molecular complexity index is 552. The number of hydrazone groups is 1. The van der Waals surface area contributed by atoms with Crippen molar-refractivity contribution < 1.29 is 0 Å². The number of aromatic nitrogens is 1. The van der Waals surface area contributed by atoms with Crippen molar-refractivity contribution in [3.8, 4) is 0 Å². The zero-order valence-corrected chi connectivity index (χ0v) is 12.0. The Labute approximate surface area is 119 Å². The molecule has 0 aliphatic heterocycles. The lowest BCUT2D eigenvalue weighted by molar-refractivity contribution is 1.19. The first-order valence-electron chi connectivity index (χ1n) is 5.38. The summed E-state index contributed by atoms with van der Waals surface area (Å²) in [4.78, 5) is 5.22. The quantitative estimate of drug-likeness (QED) is 0.657. The molecule has 2 aromatic rings. The van der Waals surface area contributed by atoms with Gasteiger partial charge in [-0.1, -0.05) is 36.2 Å². The SMILES string of the molecule is CC/C(=N/Nc1ncc(Cl)cc1Cl)c1cccs1. The van der Waals surface area contributed by atoms with Gasteiger partial charge in [0.15, 0.2) is 5.82 Å². The fourth-order valence-corrected chi connectivity index (χ4v) is 2.58. The molecule has 2 heterocycles. The topological polar surface area (TPSA) is 37.3 Å². The number of halogens is 2. The molecule has 0 saturated carbocycles. The van der Waals surface area contributed by atoms with Crippen LogP contribution in [0.4, 0.5) is 5.82 Å². The minimum absolute atomic E-state index is 0.452. The lowest BCUT2D eigenvalue weighted by Gasteiger charge is -2.05. The van der Waals surface area contributed by atoms with Gasteiger partial charge >= 0.3 is 0 Å². The molecule has 0 fully saturated rings. The van der Waals surface area contributed by atoms with E-state index < -0.39 is 0 Å². The molecule has 0 radical (unpaired) electrons. The van der Waals surface area contributed by atoms with Gasteiger partial charge in [0, 0.05) is 6.20 Å². The highest BCUT2D eigenvalue weighted by Gasteiger charge is 2.04. The van der Waals surface area contributed by atoms with Crippen molar-refractivity contribution in [1.29, 1.82) is 0 Å². The van der Waals surface area contributed by atoms with E-state index in [1.165, 1.54) is 6.20 Å². The van der Waals surface area contributed by atoms with Gasteiger partial charge in [-0.15, -0.1) is 11.3 Å². The standard InChI is InChI=1S/C12H11Cl2N3S/c1-2-10(11-4-3-5-18-11)16-17-12-9(14)6-8(13)7-15-12/h3-7H,2H2,1H3,(H,15,17)/b16-10-. The Morgan fingerprint density at radius 2 is 2.33 bits per heavy atom. The predicted octanol–water partition coefficient (Wildman–Crippen LogP) is 4.68. The molecule has 0 bridgehead atoms. The maximum absolute atomic E-state index is 6.00. The molecule has 18 heavy (non-hydrogen) atoms. The van der Waals surface area contributed by atoms with Crippen LogP contribution in [0.15, 0.2) is 34.9 Å². The van der Waals surface area contributed by atoms with Gasteiger partial charge in [0.2, 0.25) is 0 Å². The second-order valence-corrected chi connectivity index (χ2v) is 5.28. The van der Waals surface area contributed by atoms with E-state index in [1.807, 2.05) is 17.5 Å². The van der Waals surface area contributed by atoms with Crippen molar-refractivity contribution in [2.24, 2.45) is 5.10 Å². The third-order valence-electron chi connectivity index (χ3n) is 2.25. The van der Waals surface area contributed by atoms with Gasteiger partial charge < -0.3 is 0 Å². The van der Waals surface area contributed by atoms with E-state index in [9.17, 15) is 0 Å². The summed E-state index contributed by atoms with van der Waals surface area (Å²) >= 11 is 13.4. The van der Waals surface area contributed by atoms with Crippen molar-refractivity contribution in [3.63, 3.8) is 0 Å². The molecule has 0 spiro atoms. The molecule has 1 N–H and O–H groups in total. The van der Waals surface area contributed by atoms with Crippen LogP contribution in [0.3, 0.4) is 0 Å². The summed E-state index contributed by atoms with van der Waals surface area (Å²) in [6.45, 7) is 2.05. The molecule has 0 amide bonds. The zero-order valence-electron chi connectivity index (χ0n) is 9.65. The van der Waals surface area contributed by atoms with E-state index in [1.54, 1.807) is 17.4 Å². The number of nitrogens with zero attached hydrogens (tertiary/aromatic N) is 2. The lowest BCUT2D eigenvalue weighted by atomic mass is 10.2. The summed E-state index contributed by atoms with van der Waals surface area (Å²) in [5.41, 5.74) is 3.84. The van der Waals surface area contributed by atoms with Crippen LogP contribution in [0.5, 0.6) is 0 Å². The van der Waals surface area contributed by atoms with Gasteiger partial charge in [-0.2, -0.15) is 5.10 Å². The van der Waals surface area contributed by atoms with Crippen LogP contribution >= 0.6 is 34.5 Å². The van der Waals surface area contributed by atoms with Gasteiger partial charge in [0.1, 0.15) is 0 Å². The number of thiophene rings is 1. The highest BCUT2D eigenvalue weighted by atomic mass is 35.5. The average Bonchev–Trinajstić information content (AvgIpc) is 2.86. The van der Waals surface area contributed by atoms with Crippen molar-refractivity contribution in [1.82, 2.24) is 4.98 Å². The minimum atomic E-state index is 0.452. The van der Waals surface area contributed by atoms with Crippen LogP contribution in [-0.4, -0.2) is 10.7 Å². The minimum Gasteiger partial charge on any atom is -0.260 e. The monoisotopic (exact) mass is 299 g/mol. The summed E-state index contributed by atoms with van der Waals surface area (Å²) in [5, 5.41) is 7.31. The first-order valence-corrected chi connectivity index (χ1v) is 7.01. The van der Waals surface area contributed by atoms with Crippen molar-refractivity contribution in [2.75, 3.05) is 5.43 Å². The molecule has 3 nitrogen and oxygen atoms in total. The van der Waals surface area contributed by atoms with E-state index in [0.717, 1.165) is 17.0 Å². The predicted molar refractivity (Wildman–Crippen MR) is 79.0 cm³/mol. The molecule has 0 aliphatic rings. The van der Waals surface area contributed by atoms with Gasteiger partial charge in [-0.3, -0.25) is 5.43 Å². The van der Waals surface area contributed by atoms with Gasteiger partial charge in [-0.25, -0.2) is 4.98 Å². The summed E-state index contributed by atoms with van der Waals surface area (Å²) in [5.74, 6) is 0.503. The smallest absolute Gasteiger partial charge is 0.165 e. The average molecular weight is 300 g/mol. The van der Waals surface area contributed by atoms with Gasteiger partial charge in [-0.05, 0) is 23.9 Å². The number of rotatable bonds is 4. The van der Waals surface area contributed by atoms with E-state index >= 15 is 0 Å². The Morgan fingerprint density at radius 3 is 2.94 bits per heavy atom. The fourth-order valence-electron chi connectivity index (χ4n) is 1.37. The van der Waals surface area contributed by atoms with Crippen molar-refractivity contribution in [3.05, 3.63) is 44.7 Å². The summed E-state index contributed by atoms with van der Waals surface area (Å²) in [7, 11) is 0. The first-order chi connectivity index (χ1) is 8.70. The Kier molecular flexibility index (Phi) is 4.58. The number of hydrogen-bond acceptors (Lipinski definition) is 4. The maximum Gasteiger partial charge on any atom is 0.165 e. The Hall–Kier alpha value is -1.10. The number of hydrogen-bond donors (Lipinski definition) is 1. The molecular formula is C12H11Cl2N3S. The molecule has 0 saturated heterocycles. The van der Waals surface area contributed by atoms with Crippen LogP contribution in [0, 0.1) is 0 Å². The van der Waals surface area contributed by atoms with Gasteiger partial charge in [0.25, 0.3) is 0 Å². The zero-order chi connectivity index (χ0) is 13.0. The largest absolute Gasteiger partial charge is 0.260 e. The highest BCUT2D eigenvalue weighted by molar-refractivity contribution is 7.12. The van der Waals surface area contributed by atoms with Crippen LogP contribution in [0.2, 0.25) is 10.0 Å².